The molecule has 1 amide bonds. The van der Waals surface area contributed by atoms with Gasteiger partial charge in [0.25, 0.3) is 5.91 Å². The zero-order chi connectivity index (χ0) is 12.3. The summed E-state index contributed by atoms with van der Waals surface area (Å²) in [6, 6.07) is 6.53. The van der Waals surface area contributed by atoms with Crippen LogP contribution in [0.5, 0.6) is 0 Å². The van der Waals surface area contributed by atoms with Gasteiger partial charge in [0.2, 0.25) is 0 Å². The number of carbonyl (C=O) groups excluding carboxylic acids is 1. The Kier molecular flexibility index (Phi) is 3.17. The molecule has 0 fully saturated rings. The quantitative estimate of drug-likeness (QED) is 0.710. The maximum absolute atomic E-state index is 11.1. The average Bonchev–Trinajstić information content (AvgIpc) is 2.17. The van der Waals surface area contributed by atoms with Gasteiger partial charge in [0.15, 0.2) is 0 Å². The molecule has 0 saturated heterocycles. The van der Waals surface area contributed by atoms with Crippen LogP contribution in [-0.2, 0) is 4.79 Å². The van der Waals surface area contributed by atoms with Crippen molar-refractivity contribution in [3.63, 3.8) is 0 Å². The number of carboxylic acid groups (broad SMARTS) is 1. The number of carbonyl (C=O) groups is 2. The number of rotatable bonds is 4. The fourth-order valence-corrected chi connectivity index (χ4v) is 1.20. The standard InChI is InChI=1S/C11H14N2O3/c1-11(2,10(15)16)13-8-6-4-3-5-7(8)9(12)14/h3-6,13H,1-2H3,(H2,12,14)(H,15,16). The van der Waals surface area contributed by atoms with E-state index in [2.05, 4.69) is 5.32 Å². The first-order valence-corrected chi connectivity index (χ1v) is 4.75. The van der Waals surface area contributed by atoms with Crippen molar-refractivity contribution in [2.75, 3.05) is 5.32 Å². The van der Waals surface area contributed by atoms with Crippen LogP contribution in [0.25, 0.3) is 0 Å². The molecule has 0 bridgehead atoms. The van der Waals surface area contributed by atoms with E-state index in [1.807, 2.05) is 0 Å². The lowest BCUT2D eigenvalue weighted by molar-refractivity contribution is -0.141. The molecule has 1 rings (SSSR count). The van der Waals surface area contributed by atoms with Crippen LogP contribution < -0.4 is 11.1 Å². The first kappa shape index (κ1) is 12.0. The molecule has 5 heteroatoms. The van der Waals surface area contributed by atoms with Crippen molar-refractivity contribution in [3.8, 4) is 0 Å². The second kappa shape index (κ2) is 4.22. The molecular formula is C11H14N2O3. The third-order valence-corrected chi connectivity index (χ3v) is 2.17. The zero-order valence-electron chi connectivity index (χ0n) is 9.15. The van der Waals surface area contributed by atoms with Crippen LogP contribution in [0.2, 0.25) is 0 Å². The highest BCUT2D eigenvalue weighted by Gasteiger charge is 2.27. The first-order chi connectivity index (χ1) is 7.34. The Bertz CT molecular complexity index is 427. The molecule has 0 aliphatic rings. The fraction of sp³-hybridized carbons (Fsp3) is 0.273. The van der Waals surface area contributed by atoms with Crippen LogP contribution in [0, 0.1) is 0 Å². The Morgan fingerprint density at radius 2 is 1.88 bits per heavy atom. The van der Waals surface area contributed by atoms with Gasteiger partial charge in [0.1, 0.15) is 5.54 Å². The van der Waals surface area contributed by atoms with Gasteiger partial charge in [-0.05, 0) is 26.0 Å². The van der Waals surface area contributed by atoms with Crippen molar-refractivity contribution in [1.82, 2.24) is 0 Å². The maximum Gasteiger partial charge on any atom is 0.328 e. The highest BCUT2D eigenvalue weighted by molar-refractivity contribution is 5.99. The predicted octanol–water partition coefficient (Wildman–Crippen LogP) is 1.06. The lowest BCUT2D eigenvalue weighted by atomic mass is 10.0. The molecule has 0 saturated carbocycles. The summed E-state index contributed by atoms with van der Waals surface area (Å²) in [5.41, 5.74) is 4.72. The summed E-state index contributed by atoms with van der Waals surface area (Å²) < 4.78 is 0. The Morgan fingerprint density at radius 1 is 1.31 bits per heavy atom. The van der Waals surface area contributed by atoms with Crippen molar-refractivity contribution in [3.05, 3.63) is 29.8 Å². The molecular weight excluding hydrogens is 208 g/mol. The van der Waals surface area contributed by atoms with E-state index in [4.69, 9.17) is 10.8 Å². The molecule has 0 unspecified atom stereocenters. The molecule has 0 aliphatic heterocycles. The largest absolute Gasteiger partial charge is 0.480 e. The van der Waals surface area contributed by atoms with E-state index < -0.39 is 17.4 Å². The highest BCUT2D eigenvalue weighted by atomic mass is 16.4. The lowest BCUT2D eigenvalue weighted by Gasteiger charge is -2.23. The smallest absolute Gasteiger partial charge is 0.328 e. The summed E-state index contributed by atoms with van der Waals surface area (Å²) in [7, 11) is 0. The zero-order valence-corrected chi connectivity index (χ0v) is 9.15. The van der Waals surface area contributed by atoms with E-state index in [0.29, 0.717) is 5.69 Å². The minimum absolute atomic E-state index is 0.275. The Hall–Kier alpha value is -2.04. The number of nitrogens with two attached hydrogens (primary N) is 1. The Labute approximate surface area is 93.3 Å². The van der Waals surface area contributed by atoms with Crippen LogP contribution in [0.15, 0.2) is 24.3 Å². The Balaban J connectivity index is 3.06. The number of primary amides is 1. The van der Waals surface area contributed by atoms with E-state index in [0.717, 1.165) is 0 Å². The van der Waals surface area contributed by atoms with Crippen molar-refractivity contribution in [2.24, 2.45) is 5.73 Å². The first-order valence-electron chi connectivity index (χ1n) is 4.75. The van der Waals surface area contributed by atoms with Crippen LogP contribution in [-0.4, -0.2) is 22.5 Å². The van der Waals surface area contributed by atoms with Gasteiger partial charge in [0.05, 0.1) is 5.56 Å². The number of benzene rings is 1. The van der Waals surface area contributed by atoms with Crippen LogP contribution >= 0.6 is 0 Å². The topological polar surface area (TPSA) is 92.4 Å². The van der Waals surface area contributed by atoms with Gasteiger partial charge in [-0.1, -0.05) is 12.1 Å². The number of amides is 1. The summed E-state index contributed by atoms with van der Waals surface area (Å²) >= 11 is 0. The molecule has 5 nitrogen and oxygen atoms in total. The fourth-order valence-electron chi connectivity index (χ4n) is 1.20. The molecule has 1 aromatic carbocycles. The van der Waals surface area contributed by atoms with Crippen molar-refractivity contribution in [2.45, 2.75) is 19.4 Å². The van der Waals surface area contributed by atoms with E-state index in [-0.39, 0.29) is 5.56 Å². The summed E-state index contributed by atoms with van der Waals surface area (Å²) in [6.45, 7) is 3.01. The van der Waals surface area contributed by atoms with Gasteiger partial charge in [-0.15, -0.1) is 0 Å². The molecule has 1 aromatic rings. The minimum Gasteiger partial charge on any atom is -0.480 e. The number of para-hydroxylation sites is 1. The van der Waals surface area contributed by atoms with E-state index in [1.165, 1.54) is 13.8 Å². The second-order valence-corrected chi connectivity index (χ2v) is 3.96. The lowest BCUT2D eigenvalue weighted by Crippen LogP contribution is -2.40. The minimum atomic E-state index is -1.16. The number of anilines is 1. The average molecular weight is 222 g/mol. The molecule has 16 heavy (non-hydrogen) atoms. The number of hydrogen-bond donors (Lipinski definition) is 3. The normalized spacial score (nSPS) is 10.9. The number of carboxylic acids is 1. The van der Waals surface area contributed by atoms with Gasteiger partial charge >= 0.3 is 5.97 Å². The van der Waals surface area contributed by atoms with Gasteiger partial charge in [-0.3, -0.25) is 4.79 Å². The molecule has 0 aromatic heterocycles. The predicted molar refractivity (Wildman–Crippen MR) is 60.3 cm³/mol. The second-order valence-electron chi connectivity index (χ2n) is 3.96. The monoisotopic (exact) mass is 222 g/mol. The number of aliphatic carboxylic acids is 1. The molecule has 4 N–H and O–H groups in total. The van der Waals surface area contributed by atoms with Gasteiger partial charge in [-0.2, -0.15) is 0 Å². The van der Waals surface area contributed by atoms with Crippen molar-refractivity contribution < 1.29 is 14.7 Å². The SMILES string of the molecule is CC(C)(Nc1ccccc1C(N)=O)C(=O)O. The third kappa shape index (κ3) is 2.50. The van der Waals surface area contributed by atoms with Gasteiger partial charge in [0, 0.05) is 5.69 Å². The van der Waals surface area contributed by atoms with Crippen molar-refractivity contribution >= 4 is 17.6 Å². The van der Waals surface area contributed by atoms with E-state index in [1.54, 1.807) is 24.3 Å². The Morgan fingerprint density at radius 3 is 2.38 bits per heavy atom. The summed E-state index contributed by atoms with van der Waals surface area (Å²) in [4.78, 5) is 22.0. The molecule has 0 atom stereocenters. The summed E-state index contributed by atoms with van der Waals surface area (Å²) in [5.74, 6) is -1.60. The van der Waals surface area contributed by atoms with Gasteiger partial charge in [-0.25, -0.2) is 4.79 Å². The van der Waals surface area contributed by atoms with E-state index >= 15 is 0 Å². The summed E-state index contributed by atoms with van der Waals surface area (Å²) in [6.07, 6.45) is 0. The third-order valence-electron chi connectivity index (χ3n) is 2.17. The molecule has 0 aliphatic carbocycles. The van der Waals surface area contributed by atoms with Crippen LogP contribution in [0.1, 0.15) is 24.2 Å². The number of nitrogens with one attached hydrogen (secondary N) is 1. The maximum atomic E-state index is 11.1. The molecule has 86 valence electrons. The van der Waals surface area contributed by atoms with E-state index in [9.17, 15) is 9.59 Å². The van der Waals surface area contributed by atoms with Crippen LogP contribution in [0.4, 0.5) is 5.69 Å². The molecule has 0 radical (unpaired) electrons. The van der Waals surface area contributed by atoms with Crippen molar-refractivity contribution in [1.29, 1.82) is 0 Å². The number of hydrogen-bond acceptors (Lipinski definition) is 3. The molecule has 0 heterocycles. The highest BCUT2D eigenvalue weighted by Crippen LogP contribution is 2.19. The van der Waals surface area contributed by atoms with Gasteiger partial charge < -0.3 is 16.2 Å². The molecule has 0 spiro atoms. The summed E-state index contributed by atoms with van der Waals surface area (Å²) in [5, 5.41) is 11.7. The van der Waals surface area contributed by atoms with Crippen LogP contribution in [0.3, 0.4) is 0 Å².